The van der Waals surface area contributed by atoms with Crippen LogP contribution >= 0.6 is 0 Å². The summed E-state index contributed by atoms with van der Waals surface area (Å²) in [5, 5.41) is 10.1. The molecule has 1 heterocycles. The lowest BCUT2D eigenvalue weighted by Gasteiger charge is -2.22. The van der Waals surface area contributed by atoms with Crippen molar-refractivity contribution in [3.63, 3.8) is 0 Å². The molecule has 1 aliphatic rings. The SMILES string of the molecule is Cc1cc(N)cc(S(=O)(=O)N2CCCC(C)(O)CC2)c1. The van der Waals surface area contributed by atoms with E-state index >= 15 is 0 Å². The fourth-order valence-corrected chi connectivity index (χ4v) is 4.17. The number of rotatable bonds is 2. The van der Waals surface area contributed by atoms with Gasteiger partial charge >= 0.3 is 0 Å². The van der Waals surface area contributed by atoms with Gasteiger partial charge in [0, 0.05) is 18.8 Å². The average molecular weight is 298 g/mol. The van der Waals surface area contributed by atoms with Crippen LogP contribution in [-0.4, -0.2) is 36.5 Å². The quantitative estimate of drug-likeness (QED) is 0.811. The molecular formula is C14H22N2O3S. The molecule has 1 aromatic rings. The van der Waals surface area contributed by atoms with Crippen LogP contribution in [0.1, 0.15) is 31.7 Å². The molecule has 0 radical (unpaired) electrons. The van der Waals surface area contributed by atoms with Gasteiger partial charge in [0.2, 0.25) is 10.0 Å². The highest BCUT2D eigenvalue weighted by molar-refractivity contribution is 7.89. The van der Waals surface area contributed by atoms with Gasteiger partial charge in [0.25, 0.3) is 0 Å². The smallest absolute Gasteiger partial charge is 0.243 e. The number of nitrogens with two attached hydrogens (primary N) is 1. The summed E-state index contributed by atoms with van der Waals surface area (Å²) in [7, 11) is -3.54. The number of anilines is 1. The summed E-state index contributed by atoms with van der Waals surface area (Å²) in [4.78, 5) is 0.233. The minimum Gasteiger partial charge on any atom is -0.399 e. The maximum atomic E-state index is 12.6. The largest absolute Gasteiger partial charge is 0.399 e. The maximum Gasteiger partial charge on any atom is 0.243 e. The van der Waals surface area contributed by atoms with Crippen LogP contribution < -0.4 is 5.73 Å². The number of nitrogens with zero attached hydrogens (tertiary/aromatic N) is 1. The fourth-order valence-electron chi connectivity index (χ4n) is 2.55. The lowest BCUT2D eigenvalue weighted by Crippen LogP contribution is -2.33. The van der Waals surface area contributed by atoms with Crippen molar-refractivity contribution in [2.75, 3.05) is 18.8 Å². The van der Waals surface area contributed by atoms with E-state index < -0.39 is 15.6 Å². The van der Waals surface area contributed by atoms with Gasteiger partial charge in [-0.3, -0.25) is 0 Å². The molecule has 0 amide bonds. The number of benzene rings is 1. The topological polar surface area (TPSA) is 83.6 Å². The number of aryl methyl sites for hydroxylation is 1. The molecule has 20 heavy (non-hydrogen) atoms. The first-order valence-electron chi connectivity index (χ1n) is 6.80. The summed E-state index contributed by atoms with van der Waals surface area (Å²) in [5.74, 6) is 0. The average Bonchev–Trinajstić information content (AvgIpc) is 2.49. The minimum atomic E-state index is -3.54. The summed E-state index contributed by atoms with van der Waals surface area (Å²) < 4.78 is 26.7. The van der Waals surface area contributed by atoms with E-state index in [0.717, 1.165) is 5.56 Å². The van der Waals surface area contributed by atoms with Crippen LogP contribution in [0.3, 0.4) is 0 Å². The van der Waals surface area contributed by atoms with Crippen molar-refractivity contribution in [3.05, 3.63) is 23.8 Å². The first-order chi connectivity index (χ1) is 9.21. The summed E-state index contributed by atoms with van der Waals surface area (Å²) in [5.41, 5.74) is 6.23. The van der Waals surface area contributed by atoms with Crippen molar-refractivity contribution >= 4 is 15.7 Å². The van der Waals surface area contributed by atoms with E-state index in [0.29, 0.717) is 38.0 Å². The molecule has 1 fully saturated rings. The monoisotopic (exact) mass is 298 g/mol. The predicted molar refractivity (Wildman–Crippen MR) is 78.8 cm³/mol. The molecule has 0 aromatic heterocycles. The van der Waals surface area contributed by atoms with Gasteiger partial charge < -0.3 is 10.8 Å². The van der Waals surface area contributed by atoms with Crippen LogP contribution in [0, 0.1) is 6.92 Å². The molecular weight excluding hydrogens is 276 g/mol. The van der Waals surface area contributed by atoms with Crippen LogP contribution in [-0.2, 0) is 10.0 Å². The van der Waals surface area contributed by atoms with E-state index in [1.165, 1.54) is 10.4 Å². The standard InChI is InChI=1S/C14H22N2O3S/c1-11-8-12(15)10-13(9-11)20(18,19)16-6-3-4-14(2,17)5-7-16/h8-10,17H,3-7,15H2,1-2H3. The molecule has 1 aromatic carbocycles. The fraction of sp³-hybridized carbons (Fsp3) is 0.571. The van der Waals surface area contributed by atoms with E-state index in [1.807, 2.05) is 6.92 Å². The molecule has 1 saturated heterocycles. The van der Waals surface area contributed by atoms with Crippen LogP contribution in [0.4, 0.5) is 5.69 Å². The van der Waals surface area contributed by atoms with Gasteiger partial charge in [-0.2, -0.15) is 4.31 Å². The molecule has 0 saturated carbocycles. The Morgan fingerprint density at radius 2 is 1.95 bits per heavy atom. The molecule has 6 heteroatoms. The van der Waals surface area contributed by atoms with Crippen molar-refractivity contribution in [2.24, 2.45) is 0 Å². The molecule has 112 valence electrons. The first kappa shape index (κ1) is 15.3. The second-order valence-corrected chi connectivity index (χ2v) is 7.77. The third-order valence-electron chi connectivity index (χ3n) is 3.73. The summed E-state index contributed by atoms with van der Waals surface area (Å²) in [6.45, 7) is 4.35. The first-order valence-corrected chi connectivity index (χ1v) is 8.24. The molecule has 0 spiro atoms. The van der Waals surface area contributed by atoms with E-state index in [4.69, 9.17) is 5.73 Å². The Labute approximate surface area is 120 Å². The van der Waals surface area contributed by atoms with E-state index in [1.54, 1.807) is 19.1 Å². The molecule has 1 unspecified atom stereocenters. The lowest BCUT2D eigenvalue weighted by molar-refractivity contribution is 0.0465. The Morgan fingerprint density at radius 3 is 2.60 bits per heavy atom. The van der Waals surface area contributed by atoms with Crippen molar-refractivity contribution in [1.82, 2.24) is 4.31 Å². The van der Waals surface area contributed by atoms with E-state index in [2.05, 4.69) is 0 Å². The maximum absolute atomic E-state index is 12.6. The van der Waals surface area contributed by atoms with Gasteiger partial charge in [0.05, 0.1) is 10.5 Å². The molecule has 3 N–H and O–H groups in total. The number of hydrogen-bond donors (Lipinski definition) is 2. The molecule has 0 aliphatic carbocycles. The van der Waals surface area contributed by atoms with Gasteiger partial charge in [0.15, 0.2) is 0 Å². The summed E-state index contributed by atoms with van der Waals surface area (Å²) in [6.07, 6.45) is 1.73. The third-order valence-corrected chi connectivity index (χ3v) is 5.61. The Balaban J connectivity index is 2.30. The summed E-state index contributed by atoms with van der Waals surface area (Å²) >= 11 is 0. The zero-order chi connectivity index (χ0) is 15.0. The molecule has 1 atom stereocenters. The number of nitrogen functional groups attached to an aromatic ring is 1. The Bertz CT molecular complexity index is 576. The molecule has 1 aliphatic heterocycles. The van der Waals surface area contributed by atoms with Crippen LogP contribution in [0.2, 0.25) is 0 Å². The molecule has 5 nitrogen and oxygen atoms in total. The zero-order valence-corrected chi connectivity index (χ0v) is 12.8. The number of hydrogen-bond acceptors (Lipinski definition) is 4. The van der Waals surface area contributed by atoms with Crippen LogP contribution in [0.25, 0.3) is 0 Å². The van der Waals surface area contributed by atoms with Crippen molar-refractivity contribution < 1.29 is 13.5 Å². The lowest BCUT2D eigenvalue weighted by atomic mass is 9.98. The highest BCUT2D eigenvalue weighted by Gasteiger charge is 2.31. The summed E-state index contributed by atoms with van der Waals surface area (Å²) in [6, 6.07) is 4.87. The second kappa shape index (κ2) is 5.35. The second-order valence-electron chi connectivity index (χ2n) is 5.83. The van der Waals surface area contributed by atoms with E-state index in [9.17, 15) is 13.5 Å². The minimum absolute atomic E-state index is 0.233. The van der Waals surface area contributed by atoms with Gasteiger partial charge in [-0.15, -0.1) is 0 Å². The Kier molecular flexibility index (Phi) is 4.09. The Morgan fingerprint density at radius 1 is 1.25 bits per heavy atom. The van der Waals surface area contributed by atoms with Crippen LogP contribution in [0.5, 0.6) is 0 Å². The van der Waals surface area contributed by atoms with Gasteiger partial charge in [-0.05, 0) is 56.9 Å². The predicted octanol–water partition coefficient (Wildman–Crippen LogP) is 1.50. The van der Waals surface area contributed by atoms with Crippen molar-refractivity contribution in [3.8, 4) is 0 Å². The normalized spacial score (nSPS) is 25.4. The van der Waals surface area contributed by atoms with E-state index in [-0.39, 0.29) is 4.90 Å². The molecule has 2 rings (SSSR count). The number of sulfonamides is 1. The zero-order valence-electron chi connectivity index (χ0n) is 12.0. The third kappa shape index (κ3) is 3.31. The Hall–Kier alpha value is -1.11. The van der Waals surface area contributed by atoms with Crippen molar-refractivity contribution in [1.29, 1.82) is 0 Å². The van der Waals surface area contributed by atoms with Gasteiger partial charge in [-0.1, -0.05) is 0 Å². The highest BCUT2D eigenvalue weighted by Crippen LogP contribution is 2.26. The van der Waals surface area contributed by atoms with Gasteiger partial charge in [0.1, 0.15) is 0 Å². The molecule has 0 bridgehead atoms. The highest BCUT2D eigenvalue weighted by atomic mass is 32.2. The number of aliphatic hydroxyl groups is 1. The van der Waals surface area contributed by atoms with Crippen molar-refractivity contribution in [2.45, 2.75) is 43.6 Å². The van der Waals surface area contributed by atoms with Gasteiger partial charge in [-0.25, -0.2) is 8.42 Å². The van der Waals surface area contributed by atoms with Crippen LogP contribution in [0.15, 0.2) is 23.1 Å².